The molecule has 152 valence electrons. The molecular formula is C12H18CaO14. The van der Waals surface area contributed by atoms with E-state index in [1.54, 1.807) is 0 Å². The van der Waals surface area contributed by atoms with E-state index in [0.717, 1.165) is 0 Å². The maximum Gasteiger partial charge on any atom is 2.00 e. The van der Waals surface area contributed by atoms with Crippen LogP contribution in [-0.2, 0) is 19.2 Å². The van der Waals surface area contributed by atoms with Gasteiger partial charge in [-0.05, 0) is 0 Å². The smallest absolute Gasteiger partial charge is 0.547 e. The van der Waals surface area contributed by atoms with Crippen LogP contribution in [0.1, 0.15) is 0 Å². The van der Waals surface area contributed by atoms with Crippen molar-refractivity contribution in [2.75, 3.05) is 0 Å². The molecule has 0 saturated heterocycles. The quantitative estimate of drug-likeness (QED) is 0.119. The van der Waals surface area contributed by atoms with Crippen LogP contribution in [-0.4, -0.2) is 152 Å². The summed E-state index contributed by atoms with van der Waals surface area (Å²) in [6.45, 7) is 0. The molecule has 0 aliphatic rings. The average molecular weight is 426 g/mol. The van der Waals surface area contributed by atoms with Crippen molar-refractivity contribution >= 4 is 62.2 Å². The number of rotatable bonds is 10. The molecular weight excluding hydrogens is 408 g/mol. The fourth-order valence-electron chi connectivity index (χ4n) is 1.22. The van der Waals surface area contributed by atoms with E-state index < -0.39 is 60.8 Å². The van der Waals surface area contributed by atoms with Crippen molar-refractivity contribution in [2.45, 2.75) is 48.8 Å². The topological polar surface area (TPSA) is 276 Å². The Bertz CT molecular complexity index is 431. The summed E-state index contributed by atoms with van der Waals surface area (Å²) < 4.78 is 0. The molecule has 15 heteroatoms. The fourth-order valence-corrected chi connectivity index (χ4v) is 1.22. The Labute approximate surface area is 180 Å². The van der Waals surface area contributed by atoms with Gasteiger partial charge in [-0.3, -0.25) is 0 Å². The van der Waals surface area contributed by atoms with Gasteiger partial charge in [0, 0.05) is 0 Å². The molecule has 0 bridgehead atoms. The molecule has 0 aromatic heterocycles. The third-order valence-corrected chi connectivity index (χ3v) is 2.81. The first-order chi connectivity index (χ1) is 11.8. The molecule has 0 unspecified atom stereocenters. The second-order valence-corrected chi connectivity index (χ2v) is 4.74. The van der Waals surface area contributed by atoms with Gasteiger partial charge in [0.25, 0.3) is 0 Å². The van der Waals surface area contributed by atoms with E-state index >= 15 is 0 Å². The predicted molar refractivity (Wildman–Crippen MR) is 76.0 cm³/mol. The maximum atomic E-state index is 9.95. The van der Waals surface area contributed by atoms with Crippen molar-refractivity contribution in [3.63, 3.8) is 0 Å². The zero-order valence-corrected chi connectivity index (χ0v) is 15.7. The van der Waals surface area contributed by atoms with Gasteiger partial charge in [-0.15, -0.1) is 0 Å². The van der Waals surface area contributed by atoms with E-state index in [4.69, 9.17) is 40.9 Å². The van der Waals surface area contributed by atoms with Crippen LogP contribution < -0.4 is 10.2 Å². The number of hydrogen-bond donors (Lipinski definition) is 8. The molecule has 8 atom stereocenters. The summed E-state index contributed by atoms with van der Waals surface area (Å²) in [4.78, 5) is 39.7. The summed E-state index contributed by atoms with van der Waals surface area (Å²) in [5.41, 5.74) is 0. The molecule has 0 fully saturated rings. The molecule has 27 heavy (non-hydrogen) atoms. The second-order valence-electron chi connectivity index (χ2n) is 4.74. The zero-order chi connectivity index (χ0) is 21.2. The van der Waals surface area contributed by atoms with Crippen molar-refractivity contribution < 1.29 is 70.2 Å². The van der Waals surface area contributed by atoms with Gasteiger partial charge in [0.2, 0.25) is 0 Å². The SMILES string of the molecule is O=C[C@@H](O)[C@@H](O)[C@H](O)[C@H](O)C(=O)[O-].O=C[C@@H](O)[C@@H](O)[C@H](O)[C@H](O)C(=O)[O-].[Ca+2]. The first kappa shape index (κ1) is 30.9. The third-order valence-electron chi connectivity index (χ3n) is 2.81. The Kier molecular flexibility index (Phi) is 17.4. The first-order valence-corrected chi connectivity index (χ1v) is 6.60. The van der Waals surface area contributed by atoms with Gasteiger partial charge < -0.3 is 70.2 Å². The fraction of sp³-hybridized carbons (Fsp3) is 0.667. The summed E-state index contributed by atoms with van der Waals surface area (Å²) in [6, 6.07) is 0. The predicted octanol–water partition coefficient (Wildman–Crippen LogP) is -9.62. The largest absolute Gasteiger partial charge is 2.00 e. The maximum absolute atomic E-state index is 9.95. The Hall–Kier alpha value is -0.780. The number of carbonyl (C=O) groups excluding carboxylic acids is 4. The van der Waals surface area contributed by atoms with Crippen LogP contribution >= 0.6 is 0 Å². The van der Waals surface area contributed by atoms with Crippen LogP contribution in [0.15, 0.2) is 0 Å². The second kappa shape index (κ2) is 15.2. The molecule has 0 amide bonds. The molecule has 0 aromatic rings. The molecule has 0 radical (unpaired) electrons. The number of aliphatic hydroxyl groups excluding tert-OH is 8. The number of carboxylic acids is 2. The Morgan fingerprint density at radius 3 is 0.963 bits per heavy atom. The monoisotopic (exact) mass is 426 g/mol. The van der Waals surface area contributed by atoms with Crippen LogP contribution in [0.3, 0.4) is 0 Å². The molecule has 0 saturated carbocycles. The first-order valence-electron chi connectivity index (χ1n) is 6.60. The Balaban J connectivity index is -0.000000411. The Morgan fingerprint density at radius 1 is 0.593 bits per heavy atom. The summed E-state index contributed by atoms with van der Waals surface area (Å²) in [7, 11) is 0. The van der Waals surface area contributed by atoms with Crippen molar-refractivity contribution in [1.82, 2.24) is 0 Å². The molecule has 8 N–H and O–H groups in total. The van der Waals surface area contributed by atoms with Crippen molar-refractivity contribution in [2.24, 2.45) is 0 Å². The summed E-state index contributed by atoms with van der Waals surface area (Å²) in [6.07, 6.45) is -17.3. The van der Waals surface area contributed by atoms with Gasteiger partial charge in [0.05, 0.1) is 11.9 Å². The summed E-state index contributed by atoms with van der Waals surface area (Å²) >= 11 is 0. The van der Waals surface area contributed by atoms with E-state index in [1.807, 2.05) is 0 Å². The number of hydrogen-bond acceptors (Lipinski definition) is 14. The normalized spacial score (nSPS) is 19.3. The van der Waals surface area contributed by atoms with Gasteiger partial charge in [0.1, 0.15) is 48.8 Å². The Morgan fingerprint density at radius 2 is 0.815 bits per heavy atom. The van der Waals surface area contributed by atoms with Crippen molar-refractivity contribution in [1.29, 1.82) is 0 Å². The molecule has 14 nitrogen and oxygen atoms in total. The van der Waals surface area contributed by atoms with E-state index in [9.17, 15) is 29.4 Å². The van der Waals surface area contributed by atoms with E-state index in [2.05, 4.69) is 0 Å². The molecule has 0 rings (SSSR count). The minimum absolute atomic E-state index is 0. The summed E-state index contributed by atoms with van der Waals surface area (Å²) in [5, 5.41) is 89.7. The minimum atomic E-state index is -2.36. The van der Waals surface area contributed by atoms with Crippen LogP contribution in [0.4, 0.5) is 0 Å². The zero-order valence-electron chi connectivity index (χ0n) is 13.5. The van der Waals surface area contributed by atoms with E-state index in [1.165, 1.54) is 0 Å². The van der Waals surface area contributed by atoms with Gasteiger partial charge in [0.15, 0.2) is 12.6 Å². The number of aldehydes is 2. The van der Waals surface area contributed by atoms with Crippen LogP contribution in [0.2, 0.25) is 0 Å². The number of carboxylic acid groups (broad SMARTS) is 2. The van der Waals surface area contributed by atoms with Crippen LogP contribution in [0.25, 0.3) is 0 Å². The van der Waals surface area contributed by atoms with Gasteiger partial charge >= 0.3 is 37.7 Å². The molecule has 0 aliphatic heterocycles. The number of aliphatic hydroxyl groups is 8. The van der Waals surface area contributed by atoms with E-state index in [-0.39, 0.29) is 50.3 Å². The number of carbonyl (C=O) groups is 4. The standard InChI is InChI=1S/2C6H10O7.Ca/c2*7-1-2(8)3(9)4(10)5(11)6(12)13;/h2*1-5,8-11H,(H,12,13);/q;;+2/p-2/t2*2-,3-,4+,5+;/m11./s1. The van der Waals surface area contributed by atoms with Crippen molar-refractivity contribution in [3.8, 4) is 0 Å². The molecule has 0 heterocycles. The van der Waals surface area contributed by atoms with E-state index in [0.29, 0.717) is 0 Å². The van der Waals surface area contributed by atoms with Gasteiger partial charge in [-0.2, -0.15) is 0 Å². The molecule has 0 aromatic carbocycles. The summed E-state index contributed by atoms with van der Waals surface area (Å²) in [5.74, 6) is -4.02. The molecule has 0 aliphatic carbocycles. The molecule has 0 spiro atoms. The van der Waals surface area contributed by atoms with Gasteiger partial charge in [-0.1, -0.05) is 0 Å². The number of aliphatic carboxylic acids is 2. The average Bonchev–Trinajstić information content (AvgIpc) is 2.62. The third kappa shape index (κ3) is 11.0. The van der Waals surface area contributed by atoms with Crippen LogP contribution in [0, 0.1) is 0 Å². The van der Waals surface area contributed by atoms with Crippen LogP contribution in [0.5, 0.6) is 0 Å². The van der Waals surface area contributed by atoms with Crippen molar-refractivity contribution in [3.05, 3.63) is 0 Å². The van der Waals surface area contributed by atoms with Gasteiger partial charge in [-0.25, -0.2) is 0 Å². The minimum Gasteiger partial charge on any atom is -0.547 e.